The van der Waals surface area contributed by atoms with Crippen LogP contribution in [-0.2, 0) is 16.4 Å². The minimum atomic E-state index is -3.62. The SMILES string of the molecule is CCCCN(CCCC)S(=O)(=O)c1ccc(C(=O)Nc2nnc(Cc3ccc(SC)cc3)o2)cc1. The molecule has 8 nitrogen and oxygen atoms in total. The van der Waals surface area contributed by atoms with E-state index in [2.05, 4.69) is 15.5 Å². The first-order valence-corrected chi connectivity index (χ1v) is 14.4. The van der Waals surface area contributed by atoms with E-state index in [-0.39, 0.29) is 10.9 Å². The highest BCUT2D eigenvalue weighted by molar-refractivity contribution is 7.98. The van der Waals surface area contributed by atoms with E-state index in [4.69, 9.17) is 4.42 Å². The van der Waals surface area contributed by atoms with E-state index < -0.39 is 15.9 Å². The summed E-state index contributed by atoms with van der Waals surface area (Å²) >= 11 is 1.67. The molecule has 1 amide bonds. The molecule has 35 heavy (non-hydrogen) atoms. The van der Waals surface area contributed by atoms with Crippen LogP contribution in [-0.4, -0.2) is 48.2 Å². The summed E-state index contributed by atoms with van der Waals surface area (Å²) in [5.74, 6) is -0.0693. The zero-order valence-corrected chi connectivity index (χ0v) is 22.0. The average molecular weight is 517 g/mol. The molecule has 10 heteroatoms. The second-order valence-electron chi connectivity index (χ2n) is 8.12. The Kier molecular flexibility index (Phi) is 9.88. The molecule has 2 aromatic carbocycles. The largest absolute Gasteiger partial charge is 0.407 e. The number of carbonyl (C=O) groups excluding carboxylic acids is 1. The number of sulfonamides is 1. The van der Waals surface area contributed by atoms with Crippen LogP contribution in [0.25, 0.3) is 0 Å². The monoisotopic (exact) mass is 516 g/mol. The van der Waals surface area contributed by atoms with Crippen molar-refractivity contribution in [3.8, 4) is 0 Å². The minimum absolute atomic E-state index is 0.00672. The summed E-state index contributed by atoms with van der Waals surface area (Å²) in [5, 5.41) is 10.5. The number of amides is 1. The van der Waals surface area contributed by atoms with E-state index in [1.54, 1.807) is 11.8 Å². The average Bonchev–Trinajstić information content (AvgIpc) is 3.31. The normalized spacial score (nSPS) is 11.7. The molecule has 0 aliphatic heterocycles. The van der Waals surface area contributed by atoms with E-state index >= 15 is 0 Å². The predicted octanol–water partition coefficient (Wildman–Crippen LogP) is 5.23. The highest BCUT2D eigenvalue weighted by Gasteiger charge is 2.24. The summed E-state index contributed by atoms with van der Waals surface area (Å²) in [7, 11) is -3.62. The van der Waals surface area contributed by atoms with Gasteiger partial charge in [0.05, 0.1) is 11.3 Å². The van der Waals surface area contributed by atoms with Gasteiger partial charge in [0.15, 0.2) is 0 Å². The molecule has 3 aromatic rings. The number of aromatic nitrogens is 2. The van der Waals surface area contributed by atoms with Gasteiger partial charge in [-0.1, -0.05) is 43.9 Å². The molecule has 1 N–H and O–H groups in total. The van der Waals surface area contributed by atoms with Crippen molar-refractivity contribution in [2.24, 2.45) is 0 Å². The van der Waals surface area contributed by atoms with Gasteiger partial charge in [-0.2, -0.15) is 4.31 Å². The molecule has 1 heterocycles. The maximum atomic E-state index is 13.1. The molecule has 0 bridgehead atoms. The van der Waals surface area contributed by atoms with Crippen molar-refractivity contribution in [1.29, 1.82) is 0 Å². The molecule has 0 fully saturated rings. The maximum absolute atomic E-state index is 13.1. The van der Waals surface area contributed by atoms with Crippen LogP contribution in [0.15, 0.2) is 62.7 Å². The molecule has 0 radical (unpaired) electrons. The lowest BCUT2D eigenvalue weighted by Crippen LogP contribution is -2.33. The Bertz CT molecular complexity index is 1180. The highest BCUT2D eigenvalue weighted by atomic mass is 32.2. The number of benzene rings is 2. The Hall–Kier alpha value is -2.69. The highest BCUT2D eigenvalue weighted by Crippen LogP contribution is 2.20. The van der Waals surface area contributed by atoms with Crippen LogP contribution >= 0.6 is 11.8 Å². The Morgan fingerprint density at radius 1 is 0.971 bits per heavy atom. The van der Waals surface area contributed by atoms with E-state index in [0.717, 1.165) is 31.2 Å². The topological polar surface area (TPSA) is 105 Å². The van der Waals surface area contributed by atoms with Crippen molar-refractivity contribution in [3.05, 3.63) is 65.5 Å². The lowest BCUT2D eigenvalue weighted by atomic mass is 10.1. The lowest BCUT2D eigenvalue weighted by Gasteiger charge is -2.22. The Morgan fingerprint density at radius 2 is 1.60 bits per heavy atom. The summed E-state index contributed by atoms with van der Waals surface area (Å²) in [6.07, 6.45) is 5.91. The van der Waals surface area contributed by atoms with Crippen LogP contribution in [0.2, 0.25) is 0 Å². The van der Waals surface area contributed by atoms with Gasteiger partial charge < -0.3 is 4.42 Å². The second kappa shape index (κ2) is 12.9. The third-order valence-corrected chi connectivity index (χ3v) is 8.13. The molecule has 0 saturated carbocycles. The number of anilines is 1. The van der Waals surface area contributed by atoms with E-state index in [0.29, 0.717) is 31.0 Å². The first-order valence-electron chi connectivity index (χ1n) is 11.7. The van der Waals surface area contributed by atoms with Crippen LogP contribution in [0, 0.1) is 0 Å². The molecule has 0 aliphatic rings. The number of nitrogens with zero attached hydrogens (tertiary/aromatic N) is 3. The van der Waals surface area contributed by atoms with Crippen molar-refractivity contribution in [2.75, 3.05) is 24.7 Å². The number of thioether (sulfide) groups is 1. The first kappa shape index (κ1) is 26.9. The molecule has 0 saturated heterocycles. The van der Waals surface area contributed by atoms with Gasteiger partial charge in [-0.05, 0) is 61.1 Å². The fourth-order valence-corrected chi connectivity index (χ4v) is 5.34. The zero-order valence-electron chi connectivity index (χ0n) is 20.4. The van der Waals surface area contributed by atoms with Crippen LogP contribution < -0.4 is 5.32 Å². The lowest BCUT2D eigenvalue weighted by molar-refractivity contribution is 0.102. The van der Waals surface area contributed by atoms with Gasteiger partial charge in [-0.3, -0.25) is 10.1 Å². The predicted molar refractivity (Wildman–Crippen MR) is 138 cm³/mol. The molecule has 1 aromatic heterocycles. The third-order valence-electron chi connectivity index (χ3n) is 5.48. The fourth-order valence-electron chi connectivity index (χ4n) is 3.41. The van der Waals surface area contributed by atoms with Crippen LogP contribution in [0.4, 0.5) is 6.01 Å². The van der Waals surface area contributed by atoms with E-state index in [1.807, 2.05) is 44.4 Å². The Labute approximate surface area is 211 Å². The molecular weight excluding hydrogens is 484 g/mol. The van der Waals surface area contributed by atoms with Crippen molar-refractivity contribution in [3.63, 3.8) is 0 Å². The van der Waals surface area contributed by atoms with Crippen LogP contribution in [0.3, 0.4) is 0 Å². The van der Waals surface area contributed by atoms with E-state index in [9.17, 15) is 13.2 Å². The summed E-state index contributed by atoms with van der Waals surface area (Å²) < 4.78 is 33.3. The van der Waals surface area contributed by atoms with Crippen LogP contribution in [0.1, 0.15) is 61.3 Å². The van der Waals surface area contributed by atoms with Gasteiger partial charge in [0, 0.05) is 23.5 Å². The van der Waals surface area contributed by atoms with E-state index in [1.165, 1.54) is 33.5 Å². The second-order valence-corrected chi connectivity index (χ2v) is 10.9. The fraction of sp³-hybridized carbons (Fsp3) is 0.400. The standard InChI is InChI=1S/C25H32N4O4S2/c1-4-6-16-29(17-7-5-2)35(31,32)22-14-10-20(11-15-22)24(30)26-25-28-27-23(33-25)18-19-8-12-21(34-3)13-9-19/h8-15H,4-7,16-18H2,1-3H3,(H,26,28,30). The minimum Gasteiger partial charge on any atom is -0.407 e. The summed E-state index contributed by atoms with van der Waals surface area (Å²) in [6.45, 7) is 5.05. The zero-order chi connectivity index (χ0) is 25.3. The summed E-state index contributed by atoms with van der Waals surface area (Å²) in [6, 6.07) is 13.9. The Morgan fingerprint density at radius 3 is 2.17 bits per heavy atom. The van der Waals surface area contributed by atoms with Gasteiger partial charge in [0.1, 0.15) is 0 Å². The molecule has 188 valence electrons. The Balaban J connectivity index is 1.64. The van der Waals surface area contributed by atoms with Gasteiger partial charge in [-0.15, -0.1) is 16.9 Å². The number of rotatable bonds is 13. The van der Waals surface area contributed by atoms with Crippen molar-refractivity contribution >= 4 is 33.7 Å². The van der Waals surface area contributed by atoms with Gasteiger partial charge in [-0.25, -0.2) is 8.42 Å². The van der Waals surface area contributed by atoms with Gasteiger partial charge in [0.25, 0.3) is 5.91 Å². The summed E-state index contributed by atoms with van der Waals surface area (Å²) in [5.41, 5.74) is 1.32. The maximum Gasteiger partial charge on any atom is 0.322 e. The van der Waals surface area contributed by atoms with Crippen molar-refractivity contribution < 1.29 is 17.6 Å². The third kappa shape index (κ3) is 7.39. The number of hydrogen-bond acceptors (Lipinski definition) is 7. The molecule has 0 aliphatic carbocycles. The molecule has 0 spiro atoms. The molecular formula is C25H32N4O4S2. The van der Waals surface area contributed by atoms with Crippen LogP contribution in [0.5, 0.6) is 0 Å². The molecule has 0 atom stereocenters. The van der Waals surface area contributed by atoms with Crippen molar-refractivity contribution in [2.45, 2.75) is 55.7 Å². The summed E-state index contributed by atoms with van der Waals surface area (Å²) in [4.78, 5) is 14.0. The molecule has 0 unspecified atom stereocenters. The number of carbonyl (C=O) groups is 1. The van der Waals surface area contributed by atoms with Gasteiger partial charge in [0.2, 0.25) is 15.9 Å². The van der Waals surface area contributed by atoms with Gasteiger partial charge >= 0.3 is 6.01 Å². The smallest absolute Gasteiger partial charge is 0.322 e. The first-order chi connectivity index (χ1) is 16.9. The number of unbranched alkanes of at least 4 members (excludes halogenated alkanes) is 2. The number of nitrogens with one attached hydrogen (secondary N) is 1. The van der Waals surface area contributed by atoms with Crippen molar-refractivity contribution in [1.82, 2.24) is 14.5 Å². The number of hydrogen-bond donors (Lipinski definition) is 1. The quantitative estimate of drug-likeness (QED) is 0.310. The molecule has 3 rings (SSSR count).